The van der Waals surface area contributed by atoms with Crippen LogP contribution in [0.25, 0.3) is 11.3 Å². The molecule has 29 heavy (non-hydrogen) atoms. The summed E-state index contributed by atoms with van der Waals surface area (Å²) in [4.78, 5) is 14.8. The number of likely N-dealkylation sites (N-methyl/N-ethyl adjacent to an activating group) is 1. The molecule has 0 saturated heterocycles. The van der Waals surface area contributed by atoms with Gasteiger partial charge in [0.15, 0.2) is 0 Å². The monoisotopic (exact) mass is 396 g/mol. The fraction of sp³-hybridized carbons (Fsp3) is 0.381. The van der Waals surface area contributed by atoms with E-state index in [-0.39, 0.29) is 11.9 Å². The molecule has 1 unspecified atom stereocenters. The number of aryl methyl sites for hydroxylation is 2. The van der Waals surface area contributed by atoms with Gasteiger partial charge in [-0.25, -0.2) is 0 Å². The molecule has 1 amide bonds. The van der Waals surface area contributed by atoms with Crippen molar-refractivity contribution in [3.8, 4) is 17.0 Å². The predicted molar refractivity (Wildman–Crippen MR) is 112 cm³/mol. The lowest BCUT2D eigenvalue weighted by Gasteiger charge is -2.26. The fourth-order valence-electron chi connectivity index (χ4n) is 3.51. The molecular formula is C21H28N6O2. The highest BCUT2D eigenvalue weighted by Gasteiger charge is 2.21. The number of rotatable bonds is 7. The number of methoxy groups -OCH3 is 1. The summed E-state index contributed by atoms with van der Waals surface area (Å²) in [5, 5.41) is 14.6. The Hall–Kier alpha value is -3.13. The van der Waals surface area contributed by atoms with E-state index in [9.17, 15) is 4.79 Å². The van der Waals surface area contributed by atoms with Crippen LogP contribution in [-0.4, -0.2) is 58.5 Å². The van der Waals surface area contributed by atoms with Crippen molar-refractivity contribution in [1.82, 2.24) is 30.2 Å². The van der Waals surface area contributed by atoms with Crippen molar-refractivity contribution in [2.24, 2.45) is 7.05 Å². The zero-order valence-corrected chi connectivity index (χ0v) is 17.8. The Morgan fingerprint density at radius 3 is 2.66 bits per heavy atom. The number of hydrogen-bond donors (Lipinski definition) is 2. The average molecular weight is 396 g/mol. The van der Waals surface area contributed by atoms with E-state index in [2.05, 4.69) is 25.5 Å². The molecule has 1 aromatic carbocycles. The van der Waals surface area contributed by atoms with E-state index in [1.165, 1.54) is 0 Å². The zero-order chi connectivity index (χ0) is 21.1. The number of carbonyl (C=O) groups excluding carboxylic acids is 1. The van der Waals surface area contributed by atoms with E-state index in [0.717, 1.165) is 28.3 Å². The van der Waals surface area contributed by atoms with E-state index in [1.54, 1.807) is 13.2 Å². The standard InChI is InChI=1S/C21H28N6O2/c1-13-20(14(2)27(5)25-13)16-11-17(24-23-16)21(28)22-12-18(26(3)4)15-9-7-8-10-19(15)29-6/h7-11,18H,12H2,1-6H3,(H,22,28)(H,23,24). The molecule has 0 aliphatic heterocycles. The van der Waals surface area contributed by atoms with Crippen LogP contribution in [-0.2, 0) is 7.05 Å². The molecule has 2 aromatic heterocycles. The normalized spacial score (nSPS) is 12.2. The van der Waals surface area contributed by atoms with Crippen LogP contribution in [0.1, 0.15) is 33.5 Å². The van der Waals surface area contributed by atoms with Gasteiger partial charge in [-0.3, -0.25) is 14.6 Å². The second kappa shape index (κ2) is 8.48. The molecule has 0 fully saturated rings. The lowest BCUT2D eigenvalue weighted by atomic mass is 10.0. The van der Waals surface area contributed by atoms with Crippen molar-refractivity contribution in [3.05, 3.63) is 53.0 Å². The molecule has 0 radical (unpaired) electrons. The SMILES string of the molecule is COc1ccccc1C(CNC(=O)c1cc(-c2c(C)nn(C)c2C)n[nH]1)N(C)C. The molecule has 0 saturated carbocycles. The van der Waals surface area contributed by atoms with E-state index in [1.807, 2.05) is 63.9 Å². The van der Waals surface area contributed by atoms with Gasteiger partial charge in [0, 0.05) is 30.4 Å². The molecule has 8 nitrogen and oxygen atoms in total. The Balaban J connectivity index is 1.76. The van der Waals surface area contributed by atoms with Crippen LogP contribution >= 0.6 is 0 Å². The topological polar surface area (TPSA) is 88.1 Å². The number of H-pyrrole nitrogens is 1. The van der Waals surface area contributed by atoms with Crippen LogP contribution in [0.5, 0.6) is 5.75 Å². The number of hydrogen-bond acceptors (Lipinski definition) is 5. The third kappa shape index (κ3) is 4.17. The maximum atomic E-state index is 12.7. The highest BCUT2D eigenvalue weighted by atomic mass is 16.5. The maximum Gasteiger partial charge on any atom is 0.269 e. The van der Waals surface area contributed by atoms with Gasteiger partial charge >= 0.3 is 0 Å². The Kier molecular flexibility index (Phi) is 6.03. The van der Waals surface area contributed by atoms with Crippen LogP contribution in [0.2, 0.25) is 0 Å². The number of nitrogens with zero attached hydrogens (tertiary/aromatic N) is 4. The highest BCUT2D eigenvalue weighted by Crippen LogP contribution is 2.28. The fourth-order valence-corrected chi connectivity index (χ4v) is 3.51. The number of nitrogens with one attached hydrogen (secondary N) is 2. The van der Waals surface area contributed by atoms with Gasteiger partial charge in [0.1, 0.15) is 11.4 Å². The summed E-state index contributed by atoms with van der Waals surface area (Å²) in [5.74, 6) is 0.594. The van der Waals surface area contributed by atoms with Crippen molar-refractivity contribution in [2.75, 3.05) is 27.7 Å². The Bertz CT molecular complexity index is 1000. The van der Waals surface area contributed by atoms with Gasteiger partial charge in [-0.05, 0) is 40.1 Å². The highest BCUT2D eigenvalue weighted by molar-refractivity contribution is 5.93. The number of aromatic amines is 1. The second-order valence-corrected chi connectivity index (χ2v) is 7.27. The number of para-hydroxylation sites is 1. The summed E-state index contributed by atoms with van der Waals surface area (Å²) in [6.45, 7) is 4.36. The summed E-state index contributed by atoms with van der Waals surface area (Å²) in [6.07, 6.45) is 0. The number of aromatic nitrogens is 4. The van der Waals surface area contributed by atoms with Gasteiger partial charge in [0.2, 0.25) is 0 Å². The first kappa shape index (κ1) is 20.6. The largest absolute Gasteiger partial charge is 0.496 e. The van der Waals surface area contributed by atoms with Crippen LogP contribution in [0, 0.1) is 13.8 Å². The Morgan fingerprint density at radius 2 is 2.03 bits per heavy atom. The molecule has 0 bridgehead atoms. The second-order valence-electron chi connectivity index (χ2n) is 7.27. The number of amides is 1. The third-order valence-electron chi connectivity index (χ3n) is 5.16. The first-order chi connectivity index (χ1) is 13.8. The summed E-state index contributed by atoms with van der Waals surface area (Å²) in [7, 11) is 7.50. The van der Waals surface area contributed by atoms with Gasteiger partial charge in [0.05, 0.1) is 24.5 Å². The smallest absolute Gasteiger partial charge is 0.269 e. The van der Waals surface area contributed by atoms with E-state index in [0.29, 0.717) is 17.9 Å². The number of ether oxygens (including phenoxy) is 1. The Morgan fingerprint density at radius 1 is 1.31 bits per heavy atom. The molecule has 3 rings (SSSR count). The first-order valence-corrected chi connectivity index (χ1v) is 9.47. The number of carbonyl (C=O) groups is 1. The minimum atomic E-state index is -0.204. The molecule has 154 valence electrons. The predicted octanol–water partition coefficient (Wildman–Crippen LogP) is 2.47. The van der Waals surface area contributed by atoms with Gasteiger partial charge in [0.25, 0.3) is 5.91 Å². The van der Waals surface area contributed by atoms with E-state index < -0.39 is 0 Å². The Labute approximate surface area is 170 Å². The minimum Gasteiger partial charge on any atom is -0.496 e. The van der Waals surface area contributed by atoms with Gasteiger partial charge in [-0.1, -0.05) is 18.2 Å². The molecule has 0 spiro atoms. The van der Waals surface area contributed by atoms with Gasteiger partial charge in [-0.2, -0.15) is 10.2 Å². The van der Waals surface area contributed by atoms with Crippen LogP contribution < -0.4 is 10.1 Å². The van der Waals surface area contributed by atoms with Crippen LogP contribution in [0.3, 0.4) is 0 Å². The van der Waals surface area contributed by atoms with Crippen molar-refractivity contribution in [2.45, 2.75) is 19.9 Å². The van der Waals surface area contributed by atoms with Gasteiger partial charge in [-0.15, -0.1) is 0 Å². The molecule has 1 atom stereocenters. The third-order valence-corrected chi connectivity index (χ3v) is 5.16. The van der Waals surface area contributed by atoms with E-state index in [4.69, 9.17) is 4.74 Å². The summed E-state index contributed by atoms with van der Waals surface area (Å²) < 4.78 is 7.29. The summed E-state index contributed by atoms with van der Waals surface area (Å²) in [6, 6.07) is 9.57. The van der Waals surface area contributed by atoms with Gasteiger partial charge < -0.3 is 15.0 Å². The van der Waals surface area contributed by atoms with Crippen LogP contribution in [0.15, 0.2) is 30.3 Å². The molecule has 0 aliphatic carbocycles. The summed E-state index contributed by atoms with van der Waals surface area (Å²) in [5.41, 5.74) is 4.99. The van der Waals surface area contributed by atoms with Crippen molar-refractivity contribution in [3.63, 3.8) is 0 Å². The lowest BCUT2D eigenvalue weighted by molar-refractivity contribution is 0.0936. The first-order valence-electron chi connectivity index (χ1n) is 9.47. The average Bonchev–Trinajstić information content (AvgIpc) is 3.26. The van der Waals surface area contributed by atoms with Crippen molar-refractivity contribution >= 4 is 5.91 Å². The van der Waals surface area contributed by atoms with Crippen molar-refractivity contribution in [1.29, 1.82) is 0 Å². The maximum absolute atomic E-state index is 12.7. The molecule has 0 aliphatic rings. The zero-order valence-electron chi connectivity index (χ0n) is 17.8. The summed E-state index contributed by atoms with van der Waals surface area (Å²) >= 11 is 0. The lowest BCUT2D eigenvalue weighted by Crippen LogP contribution is -2.34. The van der Waals surface area contributed by atoms with E-state index >= 15 is 0 Å². The molecule has 2 N–H and O–H groups in total. The molecule has 3 aromatic rings. The van der Waals surface area contributed by atoms with Crippen molar-refractivity contribution < 1.29 is 9.53 Å². The quantitative estimate of drug-likeness (QED) is 0.641. The minimum absolute atomic E-state index is 0.0275. The molecule has 2 heterocycles. The number of benzene rings is 1. The molecular weight excluding hydrogens is 368 g/mol. The van der Waals surface area contributed by atoms with Crippen LogP contribution in [0.4, 0.5) is 0 Å². The molecule has 8 heteroatoms.